The molecule has 0 fully saturated rings. The fraction of sp³-hybridized carbons (Fsp3) is 0.667. The van der Waals surface area contributed by atoms with Gasteiger partial charge in [-0.1, -0.05) is 0 Å². The molecule has 0 aliphatic carbocycles. The van der Waals surface area contributed by atoms with E-state index in [9.17, 15) is 4.79 Å². The first kappa shape index (κ1) is 9.10. The largest absolute Gasteiger partial charge is 0.484 e. The van der Waals surface area contributed by atoms with Crippen LogP contribution in [0.25, 0.3) is 0 Å². The highest BCUT2D eigenvalue weighted by Gasteiger charge is 2.37. The summed E-state index contributed by atoms with van der Waals surface area (Å²) in [5.74, 6) is -0.300. The molecule has 1 atom stereocenters. The van der Waals surface area contributed by atoms with Crippen LogP contribution in [0.1, 0.15) is 26.7 Å². The molecular weight excluding hydrogens is 156 g/mol. The summed E-state index contributed by atoms with van der Waals surface area (Å²) < 4.78 is 9.93. The van der Waals surface area contributed by atoms with E-state index in [4.69, 9.17) is 4.74 Å². The number of allylic oxidation sites excluding steroid dienone is 1. The van der Waals surface area contributed by atoms with E-state index < -0.39 is 5.60 Å². The Morgan fingerprint density at radius 2 is 2.42 bits per heavy atom. The van der Waals surface area contributed by atoms with Crippen molar-refractivity contribution in [3.63, 3.8) is 0 Å². The van der Waals surface area contributed by atoms with E-state index in [1.54, 1.807) is 13.2 Å². The molecule has 0 radical (unpaired) electrons. The molecule has 0 saturated heterocycles. The second-order valence-electron chi connectivity index (χ2n) is 3.30. The first-order chi connectivity index (χ1) is 5.58. The fourth-order valence-electron chi connectivity index (χ4n) is 1.15. The van der Waals surface area contributed by atoms with E-state index in [2.05, 4.69) is 4.74 Å². The van der Waals surface area contributed by atoms with Crippen LogP contribution in [0.3, 0.4) is 0 Å². The number of ether oxygens (including phenoxy) is 2. The van der Waals surface area contributed by atoms with Crippen molar-refractivity contribution in [3.8, 4) is 0 Å². The molecule has 0 spiro atoms. The standard InChI is InChI=1S/C9H14O3/c1-7-4-5-9(2,12-6-7)8(10)11-3/h6H,4-5H2,1-3H3. The first-order valence-corrected chi connectivity index (χ1v) is 4.00. The van der Waals surface area contributed by atoms with Gasteiger partial charge >= 0.3 is 5.97 Å². The Hall–Kier alpha value is -0.990. The number of esters is 1. The topological polar surface area (TPSA) is 35.5 Å². The zero-order chi connectivity index (χ0) is 9.19. The van der Waals surface area contributed by atoms with Crippen LogP contribution in [-0.4, -0.2) is 18.7 Å². The highest BCUT2D eigenvalue weighted by Crippen LogP contribution is 2.27. The summed E-state index contributed by atoms with van der Waals surface area (Å²) in [7, 11) is 1.38. The van der Waals surface area contributed by atoms with Gasteiger partial charge in [0.1, 0.15) is 0 Å². The van der Waals surface area contributed by atoms with E-state index in [0.29, 0.717) is 6.42 Å². The molecule has 0 aromatic rings. The maximum absolute atomic E-state index is 11.2. The molecule has 0 amide bonds. The molecule has 1 heterocycles. The number of hydrogen-bond acceptors (Lipinski definition) is 3. The second kappa shape index (κ2) is 3.17. The number of rotatable bonds is 1. The van der Waals surface area contributed by atoms with Gasteiger partial charge in [-0.3, -0.25) is 0 Å². The molecule has 0 saturated carbocycles. The third kappa shape index (κ3) is 1.60. The van der Waals surface area contributed by atoms with Gasteiger partial charge in [-0.15, -0.1) is 0 Å². The van der Waals surface area contributed by atoms with E-state index in [-0.39, 0.29) is 5.97 Å². The lowest BCUT2D eigenvalue weighted by molar-refractivity contribution is -0.162. The molecule has 1 aliphatic heterocycles. The summed E-state index contributed by atoms with van der Waals surface area (Å²) in [5, 5.41) is 0. The molecule has 0 aromatic heterocycles. The predicted octanol–water partition coefficient (Wildman–Crippen LogP) is 1.63. The minimum atomic E-state index is -0.770. The van der Waals surface area contributed by atoms with Crippen molar-refractivity contribution >= 4 is 5.97 Å². The smallest absolute Gasteiger partial charge is 0.349 e. The monoisotopic (exact) mass is 170 g/mol. The fourth-order valence-corrected chi connectivity index (χ4v) is 1.15. The van der Waals surface area contributed by atoms with Crippen LogP contribution >= 0.6 is 0 Å². The van der Waals surface area contributed by atoms with Crippen LogP contribution < -0.4 is 0 Å². The third-order valence-electron chi connectivity index (χ3n) is 2.13. The molecule has 1 aliphatic rings. The van der Waals surface area contributed by atoms with Crippen LogP contribution in [0.2, 0.25) is 0 Å². The Balaban J connectivity index is 2.69. The minimum absolute atomic E-state index is 0.300. The van der Waals surface area contributed by atoms with Crippen LogP contribution in [0, 0.1) is 0 Å². The molecule has 1 unspecified atom stereocenters. The highest BCUT2D eigenvalue weighted by molar-refractivity contribution is 5.79. The number of carbonyl (C=O) groups is 1. The van der Waals surface area contributed by atoms with Crippen molar-refractivity contribution in [3.05, 3.63) is 11.8 Å². The van der Waals surface area contributed by atoms with Gasteiger partial charge in [0, 0.05) is 6.42 Å². The Labute approximate surface area is 72.4 Å². The van der Waals surface area contributed by atoms with Gasteiger partial charge in [-0.2, -0.15) is 0 Å². The summed E-state index contributed by atoms with van der Waals surface area (Å²) in [6.07, 6.45) is 3.23. The lowest BCUT2D eigenvalue weighted by atomic mass is 9.95. The lowest BCUT2D eigenvalue weighted by Gasteiger charge is -2.29. The van der Waals surface area contributed by atoms with Gasteiger partial charge in [0.25, 0.3) is 0 Å². The Morgan fingerprint density at radius 1 is 1.75 bits per heavy atom. The van der Waals surface area contributed by atoms with E-state index in [1.807, 2.05) is 6.92 Å². The normalized spacial score (nSPS) is 28.8. The number of hydrogen-bond donors (Lipinski definition) is 0. The quantitative estimate of drug-likeness (QED) is 0.561. The van der Waals surface area contributed by atoms with E-state index in [0.717, 1.165) is 12.0 Å². The van der Waals surface area contributed by atoms with Gasteiger partial charge in [-0.05, 0) is 25.8 Å². The number of carbonyl (C=O) groups excluding carboxylic acids is 1. The summed E-state index contributed by atoms with van der Waals surface area (Å²) >= 11 is 0. The Morgan fingerprint density at radius 3 is 2.83 bits per heavy atom. The van der Waals surface area contributed by atoms with E-state index in [1.165, 1.54) is 7.11 Å². The summed E-state index contributed by atoms with van der Waals surface area (Å²) in [4.78, 5) is 11.2. The Bertz CT molecular complexity index is 220. The molecular formula is C9H14O3. The molecule has 68 valence electrons. The van der Waals surface area contributed by atoms with Crippen LogP contribution in [0.15, 0.2) is 11.8 Å². The van der Waals surface area contributed by atoms with Crippen molar-refractivity contribution in [1.82, 2.24) is 0 Å². The summed E-state index contributed by atoms with van der Waals surface area (Å²) in [6, 6.07) is 0. The summed E-state index contributed by atoms with van der Waals surface area (Å²) in [5.41, 5.74) is 0.394. The van der Waals surface area contributed by atoms with Gasteiger partial charge in [0.2, 0.25) is 5.60 Å². The molecule has 3 heteroatoms. The van der Waals surface area contributed by atoms with Crippen molar-refractivity contribution < 1.29 is 14.3 Å². The van der Waals surface area contributed by atoms with Crippen LogP contribution in [-0.2, 0) is 14.3 Å². The predicted molar refractivity (Wildman–Crippen MR) is 44.5 cm³/mol. The molecule has 0 bridgehead atoms. The van der Waals surface area contributed by atoms with Gasteiger partial charge in [0.05, 0.1) is 13.4 Å². The van der Waals surface area contributed by atoms with Gasteiger partial charge in [-0.25, -0.2) is 4.79 Å². The molecule has 12 heavy (non-hydrogen) atoms. The Kier molecular flexibility index (Phi) is 2.40. The highest BCUT2D eigenvalue weighted by atomic mass is 16.6. The van der Waals surface area contributed by atoms with Crippen molar-refractivity contribution in [2.24, 2.45) is 0 Å². The molecule has 3 nitrogen and oxygen atoms in total. The minimum Gasteiger partial charge on any atom is -0.484 e. The molecule has 1 rings (SSSR count). The van der Waals surface area contributed by atoms with Crippen LogP contribution in [0.5, 0.6) is 0 Å². The second-order valence-corrected chi connectivity index (χ2v) is 3.30. The maximum atomic E-state index is 11.2. The van der Waals surface area contributed by atoms with Crippen molar-refractivity contribution in [1.29, 1.82) is 0 Å². The van der Waals surface area contributed by atoms with Gasteiger partial charge < -0.3 is 9.47 Å². The summed E-state index contributed by atoms with van der Waals surface area (Å²) in [6.45, 7) is 3.73. The lowest BCUT2D eigenvalue weighted by Crippen LogP contribution is -2.39. The molecule has 0 N–H and O–H groups in total. The first-order valence-electron chi connectivity index (χ1n) is 4.00. The zero-order valence-electron chi connectivity index (χ0n) is 7.72. The maximum Gasteiger partial charge on any atom is 0.349 e. The van der Waals surface area contributed by atoms with E-state index >= 15 is 0 Å². The third-order valence-corrected chi connectivity index (χ3v) is 2.13. The average Bonchev–Trinajstić information content (AvgIpc) is 2.09. The van der Waals surface area contributed by atoms with Crippen molar-refractivity contribution in [2.45, 2.75) is 32.3 Å². The van der Waals surface area contributed by atoms with Gasteiger partial charge in [0.15, 0.2) is 0 Å². The van der Waals surface area contributed by atoms with Crippen molar-refractivity contribution in [2.75, 3.05) is 7.11 Å². The zero-order valence-corrected chi connectivity index (χ0v) is 7.72. The molecule has 0 aromatic carbocycles. The average molecular weight is 170 g/mol. The number of methoxy groups -OCH3 is 1. The SMILES string of the molecule is COC(=O)C1(C)CCC(C)=CO1. The van der Waals surface area contributed by atoms with Crippen LogP contribution in [0.4, 0.5) is 0 Å².